The molecule has 1 aliphatic heterocycles. The third-order valence-corrected chi connectivity index (χ3v) is 4.80. The van der Waals surface area contributed by atoms with Crippen LogP contribution in [-0.2, 0) is 19.5 Å². The average molecular weight is 362 g/mol. The van der Waals surface area contributed by atoms with Gasteiger partial charge in [0.1, 0.15) is 0 Å². The Labute approximate surface area is 158 Å². The zero-order valence-corrected chi connectivity index (χ0v) is 15.5. The topological polar surface area (TPSA) is 78.0 Å². The van der Waals surface area contributed by atoms with Crippen molar-refractivity contribution >= 4 is 5.91 Å². The number of aromatic nitrogens is 4. The van der Waals surface area contributed by atoms with Crippen LogP contribution in [0.15, 0.2) is 42.5 Å². The molecule has 0 saturated heterocycles. The van der Waals surface area contributed by atoms with E-state index in [0.717, 1.165) is 25.1 Å². The van der Waals surface area contributed by atoms with Crippen LogP contribution in [0.25, 0.3) is 11.4 Å². The highest BCUT2D eigenvalue weighted by molar-refractivity contribution is 5.94. The highest BCUT2D eigenvalue weighted by atomic mass is 16.2. The lowest BCUT2D eigenvalue weighted by Crippen LogP contribution is -2.36. The molecule has 0 unspecified atom stereocenters. The Hall–Kier alpha value is -3.06. The van der Waals surface area contributed by atoms with Crippen LogP contribution >= 0.6 is 0 Å². The predicted molar refractivity (Wildman–Crippen MR) is 102 cm³/mol. The summed E-state index contributed by atoms with van der Waals surface area (Å²) in [5.74, 6) is 0.576. The molecule has 3 aromatic rings. The molecule has 0 fully saturated rings. The minimum atomic E-state index is 0.0534. The maximum Gasteiger partial charge on any atom is 0.254 e. The van der Waals surface area contributed by atoms with E-state index < -0.39 is 0 Å². The van der Waals surface area contributed by atoms with Crippen molar-refractivity contribution < 1.29 is 4.79 Å². The first kappa shape index (κ1) is 17.4. The summed E-state index contributed by atoms with van der Waals surface area (Å²) in [6.45, 7) is 2.33. The highest BCUT2D eigenvalue weighted by Crippen LogP contribution is 2.23. The van der Waals surface area contributed by atoms with Gasteiger partial charge in [-0.05, 0) is 54.6 Å². The van der Waals surface area contributed by atoms with Gasteiger partial charge in [-0.3, -0.25) is 4.79 Å². The molecule has 1 N–H and O–H groups in total. The number of hydrogen-bond donors (Lipinski definition) is 1. The Kier molecular flexibility index (Phi) is 4.68. The lowest BCUT2D eigenvalue weighted by molar-refractivity contribution is 0.0734. The van der Waals surface area contributed by atoms with Gasteiger partial charge in [0.05, 0.1) is 0 Å². The second-order valence-corrected chi connectivity index (χ2v) is 7.13. The standard InChI is InChI=1S/C20H22N6O/c1-25(2)12-14-3-4-18-13-26(10-9-17(18)11-14)20(27)16-7-5-15(6-8-16)19-21-23-24-22-19/h3-8,11H,9-10,12-13H2,1-2H3,(H,21,22,23,24). The molecule has 2 aromatic carbocycles. The first-order valence-electron chi connectivity index (χ1n) is 8.99. The van der Waals surface area contributed by atoms with Crippen LogP contribution in [0.2, 0.25) is 0 Å². The largest absolute Gasteiger partial charge is 0.334 e. The van der Waals surface area contributed by atoms with Crippen molar-refractivity contribution in [2.45, 2.75) is 19.5 Å². The quantitative estimate of drug-likeness (QED) is 0.769. The number of rotatable bonds is 4. The van der Waals surface area contributed by atoms with Gasteiger partial charge in [-0.2, -0.15) is 5.21 Å². The molecule has 0 saturated carbocycles. The molecule has 2 heterocycles. The molecule has 7 heteroatoms. The minimum absolute atomic E-state index is 0.0534. The molecule has 0 spiro atoms. The molecule has 7 nitrogen and oxygen atoms in total. The Bertz CT molecular complexity index is 934. The minimum Gasteiger partial charge on any atom is -0.334 e. The number of tetrazole rings is 1. The van der Waals surface area contributed by atoms with Crippen LogP contribution in [0.3, 0.4) is 0 Å². The molecule has 4 rings (SSSR count). The molecule has 0 aliphatic carbocycles. The van der Waals surface area contributed by atoms with Gasteiger partial charge in [-0.25, -0.2) is 0 Å². The molecule has 1 aromatic heterocycles. The molecule has 0 radical (unpaired) electrons. The summed E-state index contributed by atoms with van der Waals surface area (Å²) < 4.78 is 0. The maximum absolute atomic E-state index is 12.9. The van der Waals surface area contributed by atoms with E-state index in [0.29, 0.717) is 17.9 Å². The normalized spacial score (nSPS) is 13.7. The monoisotopic (exact) mass is 362 g/mol. The Balaban J connectivity index is 1.47. The van der Waals surface area contributed by atoms with Crippen molar-refractivity contribution in [1.82, 2.24) is 30.4 Å². The van der Waals surface area contributed by atoms with Crippen LogP contribution in [0, 0.1) is 0 Å². The van der Waals surface area contributed by atoms with Crippen molar-refractivity contribution in [3.63, 3.8) is 0 Å². The van der Waals surface area contributed by atoms with E-state index in [1.165, 1.54) is 16.7 Å². The Morgan fingerprint density at radius 3 is 2.67 bits per heavy atom. The van der Waals surface area contributed by atoms with E-state index in [-0.39, 0.29) is 5.91 Å². The fraction of sp³-hybridized carbons (Fsp3) is 0.300. The SMILES string of the molecule is CN(C)Cc1ccc2c(c1)CCN(C(=O)c1ccc(-c3nn[nH]n3)cc1)C2. The summed E-state index contributed by atoms with van der Waals surface area (Å²) in [6, 6.07) is 13.9. The smallest absolute Gasteiger partial charge is 0.254 e. The number of carbonyl (C=O) groups is 1. The predicted octanol–water partition coefficient (Wildman–Crippen LogP) is 2.13. The Morgan fingerprint density at radius 2 is 1.96 bits per heavy atom. The number of amides is 1. The summed E-state index contributed by atoms with van der Waals surface area (Å²) in [6.07, 6.45) is 0.892. The van der Waals surface area contributed by atoms with Crippen LogP contribution < -0.4 is 0 Å². The molecule has 0 bridgehead atoms. The third-order valence-electron chi connectivity index (χ3n) is 4.80. The summed E-state index contributed by atoms with van der Waals surface area (Å²) >= 11 is 0. The van der Waals surface area contributed by atoms with Gasteiger partial charge >= 0.3 is 0 Å². The fourth-order valence-electron chi connectivity index (χ4n) is 3.47. The third kappa shape index (κ3) is 3.73. The van der Waals surface area contributed by atoms with Crippen LogP contribution in [0.5, 0.6) is 0 Å². The summed E-state index contributed by atoms with van der Waals surface area (Å²) in [5, 5.41) is 13.9. The van der Waals surface area contributed by atoms with Crippen LogP contribution in [0.4, 0.5) is 0 Å². The first-order valence-corrected chi connectivity index (χ1v) is 8.99. The Morgan fingerprint density at radius 1 is 1.15 bits per heavy atom. The van der Waals surface area contributed by atoms with E-state index in [9.17, 15) is 4.79 Å². The van der Waals surface area contributed by atoms with Gasteiger partial charge in [0.2, 0.25) is 5.82 Å². The zero-order chi connectivity index (χ0) is 18.8. The zero-order valence-electron chi connectivity index (χ0n) is 15.5. The fourth-order valence-corrected chi connectivity index (χ4v) is 3.47. The van der Waals surface area contributed by atoms with E-state index in [2.05, 4.69) is 57.8 Å². The number of benzene rings is 2. The van der Waals surface area contributed by atoms with Crippen molar-refractivity contribution in [1.29, 1.82) is 0 Å². The van der Waals surface area contributed by atoms with Crippen molar-refractivity contribution in [3.8, 4) is 11.4 Å². The van der Waals surface area contributed by atoms with Gasteiger partial charge in [0.15, 0.2) is 0 Å². The summed E-state index contributed by atoms with van der Waals surface area (Å²) in [4.78, 5) is 17.0. The van der Waals surface area contributed by atoms with Crippen molar-refractivity contribution in [3.05, 3.63) is 64.7 Å². The summed E-state index contributed by atoms with van der Waals surface area (Å²) in [7, 11) is 4.15. The van der Waals surface area contributed by atoms with Gasteiger partial charge in [-0.15, -0.1) is 10.2 Å². The number of aromatic amines is 1. The number of nitrogens with zero attached hydrogens (tertiary/aromatic N) is 5. The first-order chi connectivity index (χ1) is 13.1. The average Bonchev–Trinajstić information content (AvgIpc) is 3.21. The molecule has 1 aliphatic rings. The number of H-pyrrole nitrogens is 1. The second-order valence-electron chi connectivity index (χ2n) is 7.13. The maximum atomic E-state index is 12.9. The molecular formula is C20H22N6O. The molecule has 0 atom stereocenters. The van der Waals surface area contributed by atoms with Crippen LogP contribution in [-0.4, -0.2) is 57.0 Å². The van der Waals surface area contributed by atoms with E-state index in [1.807, 2.05) is 29.2 Å². The van der Waals surface area contributed by atoms with Gasteiger partial charge in [0, 0.05) is 30.8 Å². The van der Waals surface area contributed by atoms with Crippen molar-refractivity contribution in [2.24, 2.45) is 0 Å². The number of fused-ring (bicyclic) bond motifs is 1. The van der Waals surface area contributed by atoms with E-state index >= 15 is 0 Å². The van der Waals surface area contributed by atoms with Gasteiger partial charge in [0.25, 0.3) is 5.91 Å². The van der Waals surface area contributed by atoms with Gasteiger partial charge < -0.3 is 9.80 Å². The van der Waals surface area contributed by atoms with Crippen molar-refractivity contribution in [2.75, 3.05) is 20.6 Å². The molecule has 27 heavy (non-hydrogen) atoms. The molecular weight excluding hydrogens is 340 g/mol. The lowest BCUT2D eigenvalue weighted by Gasteiger charge is -2.29. The number of carbonyl (C=O) groups excluding carboxylic acids is 1. The molecule has 138 valence electrons. The van der Waals surface area contributed by atoms with E-state index in [1.54, 1.807) is 0 Å². The van der Waals surface area contributed by atoms with Gasteiger partial charge in [-0.1, -0.05) is 30.3 Å². The molecule has 1 amide bonds. The number of hydrogen-bond acceptors (Lipinski definition) is 5. The van der Waals surface area contributed by atoms with Crippen LogP contribution in [0.1, 0.15) is 27.0 Å². The van der Waals surface area contributed by atoms with E-state index in [4.69, 9.17) is 0 Å². The second kappa shape index (κ2) is 7.28. The lowest BCUT2D eigenvalue weighted by atomic mass is 9.96. The summed E-state index contributed by atoms with van der Waals surface area (Å²) in [5.41, 5.74) is 5.41. The number of nitrogens with one attached hydrogen (secondary N) is 1. The highest BCUT2D eigenvalue weighted by Gasteiger charge is 2.22.